The average molecular weight is 467 g/mol. The molecule has 1 atom stereocenters. The SMILES string of the molecule is COCCN1C(=O)NC(c2ccc(SC)cc2)C(c2nc(-c3ccc(OC)cc3)no2)=C1C. The number of allylic oxidation sites excluding steroid dienone is 1. The molecule has 2 heterocycles. The van der Waals surface area contributed by atoms with Gasteiger partial charge in [0.05, 0.1) is 31.9 Å². The number of hydrogen-bond donors (Lipinski definition) is 1. The van der Waals surface area contributed by atoms with Crippen molar-refractivity contribution in [3.8, 4) is 17.1 Å². The van der Waals surface area contributed by atoms with Gasteiger partial charge in [-0.2, -0.15) is 4.98 Å². The molecule has 33 heavy (non-hydrogen) atoms. The van der Waals surface area contributed by atoms with Crippen LogP contribution in [0, 0.1) is 0 Å². The number of rotatable bonds is 8. The third-order valence-electron chi connectivity index (χ3n) is 5.57. The number of nitrogens with zero attached hydrogens (tertiary/aromatic N) is 3. The number of ether oxygens (including phenoxy) is 2. The summed E-state index contributed by atoms with van der Waals surface area (Å²) in [6.45, 7) is 2.71. The van der Waals surface area contributed by atoms with E-state index in [-0.39, 0.29) is 6.03 Å². The van der Waals surface area contributed by atoms with Crippen LogP contribution in [0.4, 0.5) is 4.79 Å². The maximum absolute atomic E-state index is 12.9. The van der Waals surface area contributed by atoms with Crippen LogP contribution in [0.5, 0.6) is 5.75 Å². The van der Waals surface area contributed by atoms with Gasteiger partial charge in [0.1, 0.15) is 5.75 Å². The Hall–Kier alpha value is -3.30. The van der Waals surface area contributed by atoms with E-state index in [9.17, 15) is 4.79 Å². The highest BCUT2D eigenvalue weighted by molar-refractivity contribution is 7.98. The van der Waals surface area contributed by atoms with Gasteiger partial charge in [-0.05, 0) is 55.1 Å². The first-order valence-electron chi connectivity index (χ1n) is 10.5. The fourth-order valence-corrected chi connectivity index (χ4v) is 4.16. The van der Waals surface area contributed by atoms with Gasteiger partial charge in [-0.1, -0.05) is 17.3 Å². The van der Waals surface area contributed by atoms with Crippen molar-refractivity contribution in [3.63, 3.8) is 0 Å². The van der Waals surface area contributed by atoms with E-state index in [1.54, 1.807) is 30.9 Å². The third-order valence-corrected chi connectivity index (χ3v) is 6.31. The molecule has 1 unspecified atom stereocenters. The van der Waals surface area contributed by atoms with E-state index in [1.807, 2.05) is 61.7 Å². The van der Waals surface area contributed by atoms with Crippen LogP contribution < -0.4 is 10.1 Å². The number of methoxy groups -OCH3 is 2. The number of carbonyl (C=O) groups is 1. The van der Waals surface area contributed by atoms with Crippen molar-refractivity contribution >= 4 is 23.4 Å². The minimum atomic E-state index is -0.420. The normalized spacial score (nSPS) is 16.2. The number of amides is 2. The van der Waals surface area contributed by atoms with Crippen molar-refractivity contribution in [2.75, 3.05) is 33.6 Å². The number of urea groups is 1. The van der Waals surface area contributed by atoms with Gasteiger partial charge < -0.3 is 19.3 Å². The van der Waals surface area contributed by atoms with Crippen molar-refractivity contribution in [1.29, 1.82) is 0 Å². The molecule has 0 saturated heterocycles. The predicted molar refractivity (Wildman–Crippen MR) is 127 cm³/mol. The molecule has 9 heteroatoms. The zero-order valence-corrected chi connectivity index (χ0v) is 19.8. The van der Waals surface area contributed by atoms with Crippen LogP contribution in [-0.4, -0.2) is 54.7 Å². The van der Waals surface area contributed by atoms with E-state index in [0.717, 1.165) is 33.0 Å². The van der Waals surface area contributed by atoms with Gasteiger partial charge in [0.2, 0.25) is 5.82 Å². The molecule has 0 bridgehead atoms. The zero-order valence-electron chi connectivity index (χ0n) is 19.0. The topological polar surface area (TPSA) is 89.7 Å². The number of hydrogen-bond acceptors (Lipinski definition) is 7. The van der Waals surface area contributed by atoms with E-state index < -0.39 is 6.04 Å². The largest absolute Gasteiger partial charge is 0.497 e. The Morgan fingerprint density at radius 2 is 1.85 bits per heavy atom. The number of aromatic nitrogens is 2. The van der Waals surface area contributed by atoms with Crippen LogP contribution in [0.1, 0.15) is 24.4 Å². The number of thioether (sulfide) groups is 1. The number of nitrogens with one attached hydrogen (secondary N) is 1. The summed E-state index contributed by atoms with van der Waals surface area (Å²) in [7, 11) is 3.23. The molecule has 1 aromatic heterocycles. The molecule has 1 aliphatic rings. The molecule has 0 radical (unpaired) electrons. The molecule has 8 nitrogen and oxygen atoms in total. The first-order valence-corrected chi connectivity index (χ1v) is 11.7. The van der Waals surface area contributed by atoms with Crippen LogP contribution in [0.2, 0.25) is 0 Å². The van der Waals surface area contributed by atoms with Gasteiger partial charge >= 0.3 is 6.03 Å². The highest BCUT2D eigenvalue weighted by Gasteiger charge is 2.35. The summed E-state index contributed by atoms with van der Waals surface area (Å²) in [4.78, 5) is 20.4. The van der Waals surface area contributed by atoms with Crippen LogP contribution in [-0.2, 0) is 4.74 Å². The quantitative estimate of drug-likeness (QED) is 0.485. The van der Waals surface area contributed by atoms with E-state index in [1.165, 1.54) is 0 Å². The molecular weight excluding hydrogens is 440 g/mol. The Morgan fingerprint density at radius 3 is 2.48 bits per heavy atom. The summed E-state index contributed by atoms with van der Waals surface area (Å²) in [5, 5.41) is 7.29. The summed E-state index contributed by atoms with van der Waals surface area (Å²) in [5.74, 6) is 1.57. The zero-order chi connectivity index (χ0) is 23.4. The van der Waals surface area contributed by atoms with Crippen LogP contribution in [0.15, 0.2) is 63.6 Å². The molecule has 0 spiro atoms. The molecule has 0 fully saturated rings. The molecule has 4 rings (SSSR count). The molecule has 1 N–H and O–H groups in total. The smallest absolute Gasteiger partial charge is 0.322 e. The van der Waals surface area contributed by atoms with Crippen molar-refractivity contribution in [3.05, 3.63) is 65.7 Å². The van der Waals surface area contributed by atoms with Gasteiger partial charge in [-0.15, -0.1) is 11.8 Å². The third kappa shape index (κ3) is 4.74. The molecule has 3 aromatic rings. The standard InChI is InChI=1S/C24H26N4O4S/c1-15-20(23-26-22(27-32-23)17-5-9-18(31-3)10-6-17)21(16-7-11-19(33-4)12-8-16)25-24(29)28(15)13-14-30-2/h5-12,21H,13-14H2,1-4H3,(H,25,29). The Balaban J connectivity index is 1.76. The highest BCUT2D eigenvalue weighted by atomic mass is 32.2. The summed E-state index contributed by atoms with van der Waals surface area (Å²) < 4.78 is 16.1. The van der Waals surface area contributed by atoms with Gasteiger partial charge in [0.15, 0.2) is 0 Å². The highest BCUT2D eigenvalue weighted by Crippen LogP contribution is 2.37. The van der Waals surface area contributed by atoms with Crippen LogP contribution in [0.3, 0.4) is 0 Å². The van der Waals surface area contributed by atoms with Crippen molar-refractivity contribution < 1.29 is 18.8 Å². The van der Waals surface area contributed by atoms with Crippen LogP contribution in [0.25, 0.3) is 17.0 Å². The molecule has 2 amide bonds. The molecule has 0 aliphatic carbocycles. The molecule has 0 saturated carbocycles. The summed E-state index contributed by atoms with van der Waals surface area (Å²) in [6, 6.07) is 14.9. The Labute approximate surface area is 197 Å². The summed E-state index contributed by atoms with van der Waals surface area (Å²) >= 11 is 1.66. The second kappa shape index (κ2) is 10.1. The second-order valence-corrected chi connectivity index (χ2v) is 8.33. The first-order chi connectivity index (χ1) is 16.0. The van der Waals surface area contributed by atoms with E-state index in [0.29, 0.717) is 24.9 Å². The number of benzene rings is 2. The van der Waals surface area contributed by atoms with Gasteiger partial charge in [0, 0.05) is 23.3 Å². The number of carbonyl (C=O) groups excluding carboxylic acids is 1. The minimum absolute atomic E-state index is 0.192. The lowest BCUT2D eigenvalue weighted by atomic mass is 9.94. The average Bonchev–Trinajstić information content (AvgIpc) is 3.33. The fraction of sp³-hybridized carbons (Fsp3) is 0.292. The van der Waals surface area contributed by atoms with Crippen LogP contribution >= 0.6 is 11.8 Å². The first kappa shape index (κ1) is 22.9. The van der Waals surface area contributed by atoms with Crippen molar-refractivity contribution in [2.24, 2.45) is 0 Å². The Kier molecular flexibility index (Phi) is 7.00. The molecule has 2 aromatic carbocycles. The van der Waals surface area contributed by atoms with Gasteiger partial charge in [-0.3, -0.25) is 4.90 Å². The lowest BCUT2D eigenvalue weighted by Gasteiger charge is -2.35. The summed E-state index contributed by atoms with van der Waals surface area (Å²) in [5.41, 5.74) is 3.25. The van der Waals surface area contributed by atoms with Gasteiger partial charge in [-0.25, -0.2) is 4.79 Å². The summed E-state index contributed by atoms with van der Waals surface area (Å²) in [6.07, 6.45) is 2.03. The Morgan fingerprint density at radius 1 is 1.12 bits per heavy atom. The molecule has 1 aliphatic heterocycles. The molecular formula is C24H26N4O4S. The van der Waals surface area contributed by atoms with Crippen molar-refractivity contribution in [1.82, 2.24) is 20.4 Å². The van der Waals surface area contributed by atoms with Crippen molar-refractivity contribution in [2.45, 2.75) is 17.9 Å². The second-order valence-electron chi connectivity index (χ2n) is 7.45. The van der Waals surface area contributed by atoms with E-state index in [4.69, 9.17) is 14.0 Å². The van der Waals surface area contributed by atoms with E-state index >= 15 is 0 Å². The predicted octanol–water partition coefficient (Wildman–Crippen LogP) is 4.61. The molecule has 172 valence electrons. The van der Waals surface area contributed by atoms with E-state index in [2.05, 4.69) is 15.5 Å². The monoisotopic (exact) mass is 466 g/mol. The lowest BCUT2D eigenvalue weighted by molar-refractivity contribution is 0.158. The lowest BCUT2D eigenvalue weighted by Crippen LogP contribution is -2.47. The fourth-order valence-electron chi connectivity index (χ4n) is 3.75. The maximum Gasteiger partial charge on any atom is 0.322 e. The Bertz CT molecular complexity index is 1140. The van der Waals surface area contributed by atoms with Gasteiger partial charge in [0.25, 0.3) is 5.89 Å². The minimum Gasteiger partial charge on any atom is -0.497 e. The maximum atomic E-state index is 12.9.